The van der Waals surface area contributed by atoms with Crippen LogP contribution in [-0.4, -0.2) is 17.4 Å². The molecule has 0 saturated carbocycles. The number of ether oxygens (including phenoxy) is 1. The highest BCUT2D eigenvalue weighted by molar-refractivity contribution is 8.00. The quantitative estimate of drug-likeness (QED) is 0.784. The van der Waals surface area contributed by atoms with Crippen LogP contribution in [0.4, 0.5) is 0 Å². The lowest BCUT2D eigenvalue weighted by molar-refractivity contribution is -0.119. The molecule has 1 N–H and O–H groups in total. The van der Waals surface area contributed by atoms with Crippen molar-refractivity contribution in [2.75, 3.05) is 11.5 Å². The molecule has 0 radical (unpaired) electrons. The van der Waals surface area contributed by atoms with Crippen molar-refractivity contribution >= 4 is 17.7 Å². The molecule has 1 amide bonds. The Bertz CT molecular complexity index is 683. The minimum absolute atomic E-state index is 0.0905. The van der Waals surface area contributed by atoms with Crippen LogP contribution in [0.5, 0.6) is 11.5 Å². The average Bonchev–Trinajstić information content (AvgIpc) is 2.56. The molecule has 0 aliphatic rings. The highest BCUT2D eigenvalue weighted by Gasteiger charge is 2.14. The van der Waals surface area contributed by atoms with Crippen LogP contribution in [0.25, 0.3) is 0 Å². The van der Waals surface area contributed by atoms with Crippen LogP contribution >= 0.6 is 11.8 Å². The van der Waals surface area contributed by atoms with Crippen molar-refractivity contribution < 1.29 is 9.53 Å². The van der Waals surface area contributed by atoms with Gasteiger partial charge in [-0.05, 0) is 25.1 Å². The molecule has 1 atom stereocenters. The molecular formula is C18H18N2O2S. The second kappa shape index (κ2) is 8.86. The minimum Gasteiger partial charge on any atom is -0.457 e. The van der Waals surface area contributed by atoms with E-state index < -0.39 is 0 Å². The summed E-state index contributed by atoms with van der Waals surface area (Å²) in [6.45, 7) is 1.92. The molecule has 2 rings (SSSR count). The number of hydrogen-bond donors (Lipinski definition) is 1. The molecule has 2 aromatic carbocycles. The zero-order valence-corrected chi connectivity index (χ0v) is 13.7. The van der Waals surface area contributed by atoms with Gasteiger partial charge in [-0.25, -0.2) is 0 Å². The van der Waals surface area contributed by atoms with Gasteiger partial charge in [0.1, 0.15) is 11.5 Å². The van der Waals surface area contributed by atoms with E-state index in [1.165, 1.54) is 11.8 Å². The Morgan fingerprint density at radius 3 is 2.65 bits per heavy atom. The highest BCUT2D eigenvalue weighted by Crippen LogP contribution is 2.29. The van der Waals surface area contributed by atoms with E-state index >= 15 is 0 Å². The lowest BCUT2D eigenvalue weighted by atomic mass is 10.1. The first-order valence-electron chi connectivity index (χ1n) is 7.26. The monoisotopic (exact) mass is 326 g/mol. The first kappa shape index (κ1) is 16.9. The maximum Gasteiger partial charge on any atom is 0.230 e. The summed E-state index contributed by atoms with van der Waals surface area (Å²) in [5.41, 5.74) is 0.912. The number of benzene rings is 2. The fraction of sp³-hybridized carbons (Fsp3) is 0.222. The van der Waals surface area contributed by atoms with Crippen LogP contribution in [0.1, 0.15) is 18.5 Å². The lowest BCUT2D eigenvalue weighted by Gasteiger charge is -2.18. The molecule has 0 aromatic heterocycles. The fourth-order valence-corrected chi connectivity index (χ4v) is 2.56. The molecule has 2 aromatic rings. The molecule has 0 spiro atoms. The van der Waals surface area contributed by atoms with Gasteiger partial charge in [0.2, 0.25) is 5.91 Å². The van der Waals surface area contributed by atoms with Crippen molar-refractivity contribution in [3.63, 3.8) is 0 Å². The van der Waals surface area contributed by atoms with E-state index in [0.29, 0.717) is 5.75 Å². The van der Waals surface area contributed by atoms with Gasteiger partial charge in [0.25, 0.3) is 0 Å². The normalized spacial score (nSPS) is 11.3. The van der Waals surface area contributed by atoms with Crippen LogP contribution in [0.3, 0.4) is 0 Å². The highest BCUT2D eigenvalue weighted by atomic mass is 32.2. The Morgan fingerprint density at radius 2 is 1.91 bits per heavy atom. The summed E-state index contributed by atoms with van der Waals surface area (Å²) in [7, 11) is 0. The number of carbonyl (C=O) groups excluding carboxylic acids is 1. The molecule has 0 aliphatic heterocycles. The van der Waals surface area contributed by atoms with Crippen molar-refractivity contribution in [2.24, 2.45) is 0 Å². The Kier molecular flexibility index (Phi) is 6.52. The van der Waals surface area contributed by atoms with E-state index in [1.54, 1.807) is 0 Å². The van der Waals surface area contributed by atoms with Crippen molar-refractivity contribution in [1.29, 1.82) is 5.26 Å². The second-order valence-corrected chi connectivity index (χ2v) is 5.88. The molecule has 5 heteroatoms. The third kappa shape index (κ3) is 5.35. The number of para-hydroxylation sites is 2. The van der Waals surface area contributed by atoms with Gasteiger partial charge in [0.15, 0.2) is 0 Å². The molecule has 23 heavy (non-hydrogen) atoms. The van der Waals surface area contributed by atoms with Gasteiger partial charge in [-0.15, -0.1) is 11.8 Å². The van der Waals surface area contributed by atoms with Gasteiger partial charge >= 0.3 is 0 Å². The third-order valence-corrected chi connectivity index (χ3v) is 3.93. The molecule has 0 unspecified atom stereocenters. The molecule has 0 fully saturated rings. The number of rotatable bonds is 7. The molecule has 118 valence electrons. The molecule has 0 bridgehead atoms. The molecule has 0 saturated heterocycles. The van der Waals surface area contributed by atoms with E-state index in [4.69, 9.17) is 10.00 Å². The molecule has 0 aliphatic carbocycles. The van der Waals surface area contributed by atoms with Crippen molar-refractivity contribution in [1.82, 2.24) is 5.32 Å². The van der Waals surface area contributed by atoms with Gasteiger partial charge in [-0.2, -0.15) is 5.26 Å². The summed E-state index contributed by atoms with van der Waals surface area (Å²) in [6, 6.07) is 19.0. The van der Waals surface area contributed by atoms with Gasteiger partial charge in [-0.1, -0.05) is 36.4 Å². The van der Waals surface area contributed by atoms with Crippen LogP contribution in [0.15, 0.2) is 54.6 Å². The number of nitrogens with zero attached hydrogens (tertiary/aromatic N) is 1. The second-order valence-electron chi connectivity index (χ2n) is 4.89. The first-order chi connectivity index (χ1) is 11.2. The Hall–Kier alpha value is -2.45. The topological polar surface area (TPSA) is 62.1 Å². The van der Waals surface area contributed by atoms with Crippen molar-refractivity contribution in [2.45, 2.75) is 13.0 Å². The lowest BCUT2D eigenvalue weighted by Crippen LogP contribution is -2.28. The number of amides is 1. The van der Waals surface area contributed by atoms with E-state index in [0.717, 1.165) is 17.1 Å². The zero-order valence-electron chi connectivity index (χ0n) is 12.9. The number of carbonyl (C=O) groups is 1. The summed E-state index contributed by atoms with van der Waals surface area (Å²) < 4.78 is 5.91. The largest absolute Gasteiger partial charge is 0.457 e. The minimum atomic E-state index is -0.176. The van der Waals surface area contributed by atoms with Gasteiger partial charge in [-0.3, -0.25) is 4.79 Å². The van der Waals surface area contributed by atoms with Crippen molar-refractivity contribution in [3.8, 4) is 17.6 Å². The summed E-state index contributed by atoms with van der Waals surface area (Å²) in [4.78, 5) is 11.9. The van der Waals surface area contributed by atoms with Crippen LogP contribution in [0, 0.1) is 11.3 Å². The number of thioether (sulfide) groups is 1. The molecule has 4 nitrogen and oxygen atoms in total. The summed E-state index contributed by atoms with van der Waals surface area (Å²) in [5.74, 6) is 1.97. The standard InChI is InChI=1S/C18H18N2O2S/c1-14(20-18(21)13-23-12-11-19)16-9-5-6-10-17(16)22-15-7-3-2-4-8-15/h2-10,14H,12-13H2,1H3,(H,20,21)/t14-/m1/s1. The zero-order chi connectivity index (χ0) is 16.5. The maximum absolute atomic E-state index is 11.9. The third-order valence-electron chi connectivity index (χ3n) is 3.13. The van der Waals surface area contributed by atoms with E-state index in [9.17, 15) is 4.79 Å². The predicted molar refractivity (Wildman–Crippen MR) is 92.5 cm³/mol. The maximum atomic E-state index is 11.9. The average molecular weight is 326 g/mol. The Balaban J connectivity index is 2.04. The fourth-order valence-electron chi connectivity index (χ4n) is 2.10. The van der Waals surface area contributed by atoms with E-state index in [-0.39, 0.29) is 17.7 Å². The Morgan fingerprint density at radius 1 is 1.22 bits per heavy atom. The van der Waals surface area contributed by atoms with Crippen LogP contribution in [0.2, 0.25) is 0 Å². The number of hydrogen-bond acceptors (Lipinski definition) is 4. The van der Waals surface area contributed by atoms with Crippen molar-refractivity contribution in [3.05, 3.63) is 60.2 Å². The van der Waals surface area contributed by atoms with E-state index in [2.05, 4.69) is 5.32 Å². The Labute approximate surface area is 140 Å². The SMILES string of the molecule is C[C@@H](NC(=O)CSCC#N)c1ccccc1Oc1ccccc1. The van der Waals surface area contributed by atoms with Gasteiger partial charge in [0.05, 0.1) is 23.6 Å². The summed E-state index contributed by atoms with van der Waals surface area (Å²) in [6.07, 6.45) is 0. The van der Waals surface area contributed by atoms with E-state index in [1.807, 2.05) is 67.6 Å². The van der Waals surface area contributed by atoms with Gasteiger partial charge < -0.3 is 10.1 Å². The summed E-state index contributed by atoms with van der Waals surface area (Å²) >= 11 is 1.30. The molecule has 0 heterocycles. The molecular weight excluding hydrogens is 308 g/mol. The smallest absolute Gasteiger partial charge is 0.230 e. The summed E-state index contributed by atoms with van der Waals surface area (Å²) in [5, 5.41) is 11.4. The number of nitriles is 1. The van der Waals surface area contributed by atoms with Crippen LogP contribution in [-0.2, 0) is 4.79 Å². The number of nitrogens with one attached hydrogen (secondary N) is 1. The van der Waals surface area contributed by atoms with Crippen LogP contribution < -0.4 is 10.1 Å². The predicted octanol–water partition coefficient (Wildman–Crippen LogP) is 3.91. The van der Waals surface area contributed by atoms with Gasteiger partial charge in [0, 0.05) is 5.56 Å². The first-order valence-corrected chi connectivity index (χ1v) is 8.42.